The minimum Gasteiger partial charge on any atom is -0.384 e. The van der Waals surface area contributed by atoms with Gasteiger partial charge < -0.3 is 10.3 Å². The summed E-state index contributed by atoms with van der Waals surface area (Å²) < 4.78 is 2.29. The van der Waals surface area contributed by atoms with E-state index < -0.39 is 0 Å². The molecule has 1 heterocycles. The zero-order valence-electron chi connectivity index (χ0n) is 13.4. The van der Waals surface area contributed by atoms with Crippen LogP contribution in [0.4, 0.5) is 5.82 Å². The standard InChI is InChI=1S/C18H25N3/c1-12(13-8-6-5-7-9-13)15-16(19)21(14-10-11-14)17(20-15)18(2,3)4/h5-9,12,14H,10-11,19H2,1-4H3. The molecular weight excluding hydrogens is 258 g/mol. The van der Waals surface area contributed by atoms with Crippen LogP contribution in [-0.2, 0) is 5.41 Å². The van der Waals surface area contributed by atoms with Gasteiger partial charge >= 0.3 is 0 Å². The van der Waals surface area contributed by atoms with E-state index in [2.05, 4.69) is 56.5 Å². The van der Waals surface area contributed by atoms with Crippen LogP contribution >= 0.6 is 0 Å². The molecule has 2 N–H and O–H groups in total. The highest BCUT2D eigenvalue weighted by Gasteiger charge is 2.34. The van der Waals surface area contributed by atoms with Gasteiger partial charge in [0.25, 0.3) is 0 Å². The number of anilines is 1. The molecule has 1 unspecified atom stereocenters. The first-order valence-corrected chi connectivity index (χ1v) is 7.82. The molecule has 0 bridgehead atoms. The fourth-order valence-corrected chi connectivity index (χ4v) is 2.91. The van der Waals surface area contributed by atoms with Crippen LogP contribution in [0.3, 0.4) is 0 Å². The van der Waals surface area contributed by atoms with Gasteiger partial charge in [0, 0.05) is 17.4 Å². The zero-order valence-corrected chi connectivity index (χ0v) is 13.4. The van der Waals surface area contributed by atoms with Crippen molar-refractivity contribution in [2.75, 3.05) is 5.73 Å². The average Bonchev–Trinajstić information content (AvgIpc) is 3.21. The first-order valence-electron chi connectivity index (χ1n) is 7.82. The van der Waals surface area contributed by atoms with E-state index in [9.17, 15) is 0 Å². The molecule has 0 saturated heterocycles. The van der Waals surface area contributed by atoms with Crippen molar-refractivity contribution < 1.29 is 0 Å². The molecule has 1 aliphatic rings. The maximum atomic E-state index is 6.48. The van der Waals surface area contributed by atoms with E-state index in [0.717, 1.165) is 17.3 Å². The van der Waals surface area contributed by atoms with E-state index in [-0.39, 0.29) is 11.3 Å². The van der Waals surface area contributed by atoms with E-state index in [4.69, 9.17) is 10.7 Å². The SMILES string of the molecule is CC(c1ccccc1)c1nc(C(C)(C)C)n(C2CC2)c1N. The number of imidazole rings is 1. The topological polar surface area (TPSA) is 43.8 Å². The van der Waals surface area contributed by atoms with Gasteiger partial charge in [0.15, 0.2) is 0 Å². The molecule has 3 rings (SSSR count). The number of rotatable bonds is 3. The molecule has 0 radical (unpaired) electrons. The monoisotopic (exact) mass is 283 g/mol. The Labute approximate surface area is 127 Å². The van der Waals surface area contributed by atoms with Crippen LogP contribution in [0.5, 0.6) is 0 Å². The lowest BCUT2D eigenvalue weighted by Gasteiger charge is -2.20. The molecule has 0 aliphatic heterocycles. The number of aromatic nitrogens is 2. The fraction of sp³-hybridized carbons (Fsp3) is 0.500. The largest absolute Gasteiger partial charge is 0.384 e. The van der Waals surface area contributed by atoms with Gasteiger partial charge in [0.2, 0.25) is 0 Å². The Kier molecular flexibility index (Phi) is 3.31. The van der Waals surface area contributed by atoms with Crippen molar-refractivity contribution in [1.29, 1.82) is 0 Å². The first kappa shape index (κ1) is 14.2. The van der Waals surface area contributed by atoms with Crippen molar-refractivity contribution >= 4 is 5.82 Å². The van der Waals surface area contributed by atoms with Crippen LogP contribution in [0.25, 0.3) is 0 Å². The maximum absolute atomic E-state index is 6.48. The van der Waals surface area contributed by atoms with Gasteiger partial charge in [-0.2, -0.15) is 0 Å². The number of hydrogen-bond donors (Lipinski definition) is 1. The van der Waals surface area contributed by atoms with E-state index in [1.54, 1.807) is 0 Å². The highest BCUT2D eigenvalue weighted by Crippen LogP contribution is 2.43. The second-order valence-electron chi connectivity index (χ2n) is 7.19. The van der Waals surface area contributed by atoms with Gasteiger partial charge in [0.05, 0.1) is 5.69 Å². The summed E-state index contributed by atoms with van der Waals surface area (Å²) in [6, 6.07) is 11.1. The van der Waals surface area contributed by atoms with Crippen molar-refractivity contribution in [1.82, 2.24) is 9.55 Å². The van der Waals surface area contributed by atoms with Gasteiger partial charge in [-0.3, -0.25) is 0 Å². The summed E-state index contributed by atoms with van der Waals surface area (Å²) in [5.74, 6) is 2.21. The Bertz CT molecular complexity index is 630. The Morgan fingerprint density at radius 3 is 2.33 bits per heavy atom. The third kappa shape index (κ3) is 2.57. The van der Waals surface area contributed by atoms with Crippen LogP contribution in [-0.4, -0.2) is 9.55 Å². The van der Waals surface area contributed by atoms with E-state index in [0.29, 0.717) is 6.04 Å². The van der Waals surface area contributed by atoms with Crippen molar-refractivity contribution in [3.63, 3.8) is 0 Å². The predicted molar refractivity (Wildman–Crippen MR) is 87.6 cm³/mol. The molecule has 1 aromatic heterocycles. The quantitative estimate of drug-likeness (QED) is 0.915. The molecule has 3 heteroatoms. The summed E-state index contributed by atoms with van der Waals surface area (Å²) in [5.41, 5.74) is 8.79. The molecule has 1 aliphatic carbocycles. The van der Waals surface area contributed by atoms with E-state index in [1.165, 1.54) is 18.4 Å². The van der Waals surface area contributed by atoms with Gasteiger partial charge in [-0.15, -0.1) is 0 Å². The lowest BCUT2D eigenvalue weighted by atomic mass is 9.95. The van der Waals surface area contributed by atoms with Crippen LogP contribution < -0.4 is 5.73 Å². The van der Waals surface area contributed by atoms with Gasteiger partial charge in [0.1, 0.15) is 11.6 Å². The average molecular weight is 283 g/mol. The summed E-state index contributed by atoms with van der Waals surface area (Å²) >= 11 is 0. The van der Waals surface area contributed by atoms with Crippen molar-refractivity contribution in [3.05, 3.63) is 47.4 Å². The molecule has 3 nitrogen and oxygen atoms in total. The van der Waals surface area contributed by atoms with E-state index in [1.807, 2.05) is 6.07 Å². The lowest BCUT2D eigenvalue weighted by molar-refractivity contribution is 0.503. The number of nitrogens with two attached hydrogens (primary N) is 1. The highest BCUT2D eigenvalue weighted by molar-refractivity contribution is 5.46. The Morgan fingerprint density at radius 2 is 1.81 bits per heavy atom. The second-order valence-corrected chi connectivity index (χ2v) is 7.19. The van der Waals surface area contributed by atoms with Crippen LogP contribution in [0.15, 0.2) is 30.3 Å². The fourth-order valence-electron chi connectivity index (χ4n) is 2.91. The van der Waals surface area contributed by atoms with Crippen LogP contribution in [0.1, 0.15) is 69.6 Å². The third-order valence-electron chi connectivity index (χ3n) is 4.27. The molecular formula is C18H25N3. The van der Waals surface area contributed by atoms with Gasteiger partial charge in [-0.25, -0.2) is 4.98 Å². The Balaban J connectivity index is 2.07. The molecule has 1 aromatic carbocycles. The second kappa shape index (κ2) is 4.90. The van der Waals surface area contributed by atoms with Crippen LogP contribution in [0.2, 0.25) is 0 Å². The highest BCUT2D eigenvalue weighted by atomic mass is 15.2. The van der Waals surface area contributed by atoms with E-state index >= 15 is 0 Å². The Morgan fingerprint density at radius 1 is 1.19 bits per heavy atom. The minimum atomic E-state index is 0.0192. The summed E-state index contributed by atoms with van der Waals surface area (Å²) in [5, 5.41) is 0. The molecule has 1 fully saturated rings. The molecule has 1 atom stereocenters. The van der Waals surface area contributed by atoms with Crippen molar-refractivity contribution in [3.8, 4) is 0 Å². The molecule has 0 spiro atoms. The molecule has 2 aromatic rings. The summed E-state index contributed by atoms with van der Waals surface area (Å²) in [4.78, 5) is 4.96. The van der Waals surface area contributed by atoms with Crippen molar-refractivity contribution in [2.24, 2.45) is 0 Å². The van der Waals surface area contributed by atoms with Crippen molar-refractivity contribution in [2.45, 2.75) is 57.9 Å². The smallest absolute Gasteiger partial charge is 0.127 e. The molecule has 0 amide bonds. The molecule has 1 saturated carbocycles. The summed E-state index contributed by atoms with van der Waals surface area (Å²) in [6.45, 7) is 8.83. The predicted octanol–water partition coefficient (Wildman–Crippen LogP) is 4.25. The zero-order chi connectivity index (χ0) is 15.2. The number of nitrogens with zero attached hydrogens (tertiary/aromatic N) is 2. The Hall–Kier alpha value is -1.77. The first-order chi connectivity index (χ1) is 9.89. The lowest BCUT2D eigenvalue weighted by Crippen LogP contribution is -2.19. The molecule has 21 heavy (non-hydrogen) atoms. The number of nitrogen functional groups attached to an aromatic ring is 1. The van der Waals surface area contributed by atoms with Gasteiger partial charge in [-0.05, 0) is 18.4 Å². The molecule has 112 valence electrons. The van der Waals surface area contributed by atoms with Gasteiger partial charge in [-0.1, -0.05) is 58.0 Å². The number of benzene rings is 1. The maximum Gasteiger partial charge on any atom is 0.127 e. The normalized spacial score (nSPS) is 17.0. The third-order valence-corrected chi connectivity index (χ3v) is 4.27. The minimum absolute atomic E-state index is 0.0192. The summed E-state index contributed by atoms with van der Waals surface area (Å²) in [6.07, 6.45) is 2.45. The number of hydrogen-bond acceptors (Lipinski definition) is 2. The van der Waals surface area contributed by atoms with Crippen LogP contribution in [0, 0.1) is 0 Å². The summed E-state index contributed by atoms with van der Waals surface area (Å²) in [7, 11) is 0.